The van der Waals surface area contributed by atoms with Gasteiger partial charge in [-0.05, 0) is 25.5 Å². The summed E-state index contributed by atoms with van der Waals surface area (Å²) >= 11 is 0. The average molecular weight is 240 g/mol. The van der Waals surface area contributed by atoms with Crippen LogP contribution in [0, 0.1) is 0 Å². The van der Waals surface area contributed by atoms with Crippen molar-refractivity contribution in [1.29, 1.82) is 0 Å². The number of likely N-dealkylation sites (N-methyl/N-ethyl adjacent to an activating group) is 1. The van der Waals surface area contributed by atoms with Crippen molar-refractivity contribution in [3.8, 4) is 0 Å². The van der Waals surface area contributed by atoms with Gasteiger partial charge in [0, 0.05) is 24.2 Å². The van der Waals surface area contributed by atoms with Gasteiger partial charge in [0.1, 0.15) is 0 Å². The topological polar surface area (TPSA) is 29.3 Å². The van der Waals surface area contributed by atoms with Gasteiger partial charge in [-0.2, -0.15) is 0 Å². The number of nitrogens with two attached hydrogens (primary N) is 1. The molecule has 1 aliphatic rings. The zero-order valence-corrected chi connectivity index (χ0v) is 9.94. The minimum absolute atomic E-state index is 0.0681. The molecule has 0 aromatic heterocycles. The van der Waals surface area contributed by atoms with Gasteiger partial charge >= 0.3 is 0 Å². The van der Waals surface area contributed by atoms with Gasteiger partial charge in [0.15, 0.2) is 0 Å². The number of nitrogens with zero attached hydrogens (tertiary/aromatic N) is 1. The van der Waals surface area contributed by atoms with Gasteiger partial charge in [-0.1, -0.05) is 24.3 Å². The first-order valence-corrected chi connectivity index (χ1v) is 5.93. The van der Waals surface area contributed by atoms with E-state index in [1.807, 2.05) is 0 Å². The SMILES string of the molecule is CN(C1CC1)C(CN)c1ccc(C(F)F)cc1. The van der Waals surface area contributed by atoms with Crippen LogP contribution in [0.15, 0.2) is 24.3 Å². The summed E-state index contributed by atoms with van der Waals surface area (Å²) in [4.78, 5) is 2.25. The Labute approximate surface area is 100 Å². The van der Waals surface area contributed by atoms with Crippen LogP contribution in [0.1, 0.15) is 36.4 Å². The van der Waals surface area contributed by atoms with Crippen LogP contribution in [-0.4, -0.2) is 24.5 Å². The molecule has 1 aliphatic carbocycles. The number of alkyl halides is 2. The molecule has 0 bridgehead atoms. The van der Waals surface area contributed by atoms with Gasteiger partial charge in [0.05, 0.1) is 0 Å². The van der Waals surface area contributed by atoms with Gasteiger partial charge < -0.3 is 5.73 Å². The van der Waals surface area contributed by atoms with E-state index >= 15 is 0 Å². The number of benzene rings is 1. The van der Waals surface area contributed by atoms with E-state index in [1.54, 1.807) is 12.1 Å². The summed E-state index contributed by atoms with van der Waals surface area (Å²) < 4.78 is 24.9. The molecule has 0 amide bonds. The molecule has 2 rings (SSSR count). The molecule has 1 unspecified atom stereocenters. The zero-order chi connectivity index (χ0) is 12.4. The molecule has 4 heteroatoms. The van der Waals surface area contributed by atoms with E-state index in [9.17, 15) is 8.78 Å². The Hall–Kier alpha value is -1.00. The highest BCUT2D eigenvalue weighted by molar-refractivity contribution is 5.26. The number of rotatable bonds is 5. The molecule has 0 spiro atoms. The third-order valence-corrected chi connectivity index (χ3v) is 3.41. The van der Waals surface area contributed by atoms with Crippen LogP contribution in [0.5, 0.6) is 0 Å². The fraction of sp³-hybridized carbons (Fsp3) is 0.538. The predicted molar refractivity (Wildman–Crippen MR) is 64.0 cm³/mol. The van der Waals surface area contributed by atoms with Crippen LogP contribution in [0.2, 0.25) is 0 Å². The first-order valence-electron chi connectivity index (χ1n) is 5.93. The largest absolute Gasteiger partial charge is 0.329 e. The highest BCUT2D eigenvalue weighted by Crippen LogP contribution is 2.32. The van der Waals surface area contributed by atoms with E-state index in [0.717, 1.165) is 5.56 Å². The smallest absolute Gasteiger partial charge is 0.263 e. The lowest BCUT2D eigenvalue weighted by Crippen LogP contribution is -2.32. The monoisotopic (exact) mass is 240 g/mol. The van der Waals surface area contributed by atoms with Crippen LogP contribution in [-0.2, 0) is 0 Å². The van der Waals surface area contributed by atoms with Crippen molar-refractivity contribution >= 4 is 0 Å². The van der Waals surface area contributed by atoms with Crippen LogP contribution < -0.4 is 5.73 Å². The van der Waals surface area contributed by atoms with Gasteiger partial charge in [-0.3, -0.25) is 4.90 Å². The molecule has 0 aliphatic heterocycles. The van der Waals surface area contributed by atoms with Crippen LogP contribution in [0.4, 0.5) is 8.78 Å². The van der Waals surface area contributed by atoms with E-state index in [0.29, 0.717) is 12.6 Å². The van der Waals surface area contributed by atoms with Crippen molar-refractivity contribution in [3.05, 3.63) is 35.4 Å². The van der Waals surface area contributed by atoms with Gasteiger partial charge in [-0.15, -0.1) is 0 Å². The fourth-order valence-electron chi connectivity index (χ4n) is 2.14. The number of halogens is 2. The van der Waals surface area contributed by atoms with E-state index in [1.165, 1.54) is 25.0 Å². The molecule has 0 saturated heterocycles. The molecule has 1 aromatic rings. The van der Waals surface area contributed by atoms with Crippen molar-refractivity contribution in [2.75, 3.05) is 13.6 Å². The number of hydrogen-bond acceptors (Lipinski definition) is 2. The minimum Gasteiger partial charge on any atom is -0.329 e. The second-order valence-electron chi connectivity index (χ2n) is 4.62. The fourth-order valence-corrected chi connectivity index (χ4v) is 2.14. The maximum atomic E-state index is 12.4. The molecule has 17 heavy (non-hydrogen) atoms. The highest BCUT2D eigenvalue weighted by atomic mass is 19.3. The molecule has 1 saturated carbocycles. The van der Waals surface area contributed by atoms with Crippen LogP contribution in [0.3, 0.4) is 0 Å². The molecule has 94 valence electrons. The molecule has 1 fully saturated rings. The van der Waals surface area contributed by atoms with Crippen molar-refractivity contribution in [1.82, 2.24) is 4.90 Å². The standard InChI is InChI=1S/C13H18F2N2/c1-17(11-6-7-11)12(8-16)9-2-4-10(5-3-9)13(14)15/h2-5,11-13H,6-8,16H2,1H3. The first kappa shape index (κ1) is 12.5. The summed E-state index contributed by atoms with van der Waals surface area (Å²) in [6, 6.07) is 7.25. The van der Waals surface area contributed by atoms with E-state index in [4.69, 9.17) is 5.73 Å². The lowest BCUT2D eigenvalue weighted by Gasteiger charge is -2.27. The Balaban J connectivity index is 2.13. The maximum Gasteiger partial charge on any atom is 0.263 e. The first-order chi connectivity index (χ1) is 8.13. The summed E-state index contributed by atoms with van der Waals surface area (Å²) in [6.45, 7) is 0.515. The van der Waals surface area contributed by atoms with Crippen molar-refractivity contribution < 1.29 is 8.78 Å². The van der Waals surface area contributed by atoms with Gasteiger partial charge in [0.25, 0.3) is 6.43 Å². The van der Waals surface area contributed by atoms with Crippen molar-refractivity contribution in [2.45, 2.75) is 31.4 Å². The van der Waals surface area contributed by atoms with Crippen LogP contribution in [0.25, 0.3) is 0 Å². The summed E-state index contributed by atoms with van der Waals surface area (Å²) in [5, 5.41) is 0. The third kappa shape index (κ3) is 2.82. The summed E-state index contributed by atoms with van der Waals surface area (Å²) in [6.07, 6.45) is 0.0195. The van der Waals surface area contributed by atoms with Crippen molar-refractivity contribution in [2.24, 2.45) is 5.73 Å². The Bertz CT molecular complexity index is 360. The Morgan fingerprint density at radius 2 is 1.76 bits per heavy atom. The normalized spacial score (nSPS) is 17.8. The molecular formula is C13H18F2N2. The van der Waals surface area contributed by atoms with Crippen molar-refractivity contribution in [3.63, 3.8) is 0 Å². The quantitative estimate of drug-likeness (QED) is 0.857. The molecule has 1 aromatic carbocycles. The average Bonchev–Trinajstić information content (AvgIpc) is 3.14. The maximum absolute atomic E-state index is 12.4. The summed E-state index contributed by atoms with van der Waals surface area (Å²) in [7, 11) is 2.05. The summed E-state index contributed by atoms with van der Waals surface area (Å²) in [5.41, 5.74) is 6.87. The van der Waals surface area contributed by atoms with Gasteiger partial charge in [0.2, 0.25) is 0 Å². The zero-order valence-electron chi connectivity index (χ0n) is 9.94. The molecule has 0 heterocycles. The van der Waals surface area contributed by atoms with Gasteiger partial charge in [-0.25, -0.2) is 8.78 Å². The Morgan fingerprint density at radius 3 is 2.18 bits per heavy atom. The van der Waals surface area contributed by atoms with E-state index < -0.39 is 6.43 Å². The Kier molecular flexibility index (Phi) is 3.74. The minimum atomic E-state index is -2.40. The number of hydrogen-bond donors (Lipinski definition) is 1. The van der Waals surface area contributed by atoms with E-state index in [2.05, 4.69) is 11.9 Å². The molecule has 1 atom stereocenters. The second-order valence-corrected chi connectivity index (χ2v) is 4.62. The lowest BCUT2D eigenvalue weighted by atomic mass is 10.0. The predicted octanol–water partition coefficient (Wildman–Crippen LogP) is 2.72. The Morgan fingerprint density at radius 1 is 1.24 bits per heavy atom. The van der Waals surface area contributed by atoms with Crippen LogP contribution >= 0.6 is 0 Å². The molecular weight excluding hydrogens is 222 g/mol. The van der Waals surface area contributed by atoms with E-state index in [-0.39, 0.29) is 11.6 Å². The third-order valence-electron chi connectivity index (χ3n) is 3.41. The molecule has 0 radical (unpaired) electrons. The molecule has 2 nitrogen and oxygen atoms in total. The second kappa shape index (κ2) is 5.10. The lowest BCUT2D eigenvalue weighted by molar-refractivity contribution is 0.151. The highest BCUT2D eigenvalue weighted by Gasteiger charge is 2.31. The molecule has 2 N–H and O–H groups in total. The summed E-state index contributed by atoms with van der Waals surface area (Å²) in [5.74, 6) is 0.